The van der Waals surface area contributed by atoms with E-state index in [0.29, 0.717) is 22.8 Å². The van der Waals surface area contributed by atoms with Crippen LogP contribution in [0.25, 0.3) is 0 Å². The van der Waals surface area contributed by atoms with Gasteiger partial charge in [0.25, 0.3) is 5.56 Å². The van der Waals surface area contributed by atoms with Gasteiger partial charge in [-0.1, -0.05) is 13.3 Å². The van der Waals surface area contributed by atoms with Gasteiger partial charge in [-0.2, -0.15) is 0 Å². The molecule has 1 unspecified atom stereocenters. The van der Waals surface area contributed by atoms with Crippen LogP contribution < -0.4 is 5.56 Å². The van der Waals surface area contributed by atoms with Crippen LogP contribution in [0.5, 0.6) is 0 Å². The number of H-pyrrole nitrogens is 1. The second-order valence-corrected chi connectivity index (χ2v) is 5.47. The van der Waals surface area contributed by atoms with E-state index in [0.717, 1.165) is 31.4 Å². The number of rotatable bonds is 6. The molecule has 0 saturated heterocycles. The lowest BCUT2D eigenvalue weighted by Gasteiger charge is -2.16. The number of aromatic nitrogens is 2. The van der Waals surface area contributed by atoms with E-state index >= 15 is 0 Å². The molecule has 0 radical (unpaired) electrons. The quantitative estimate of drug-likeness (QED) is 0.878. The zero-order chi connectivity index (χ0) is 13.1. The number of hydrogen-bond acceptors (Lipinski definition) is 3. The summed E-state index contributed by atoms with van der Waals surface area (Å²) in [5.74, 6) is 1.21. The maximum absolute atomic E-state index is 11.9. The Hall–Kier alpha value is -0.680. The Labute approximate surface area is 115 Å². The highest BCUT2D eigenvalue weighted by atomic mass is 79.9. The molecular weight excluding hydrogens is 296 g/mol. The molecule has 1 aliphatic rings. The van der Waals surface area contributed by atoms with E-state index in [1.807, 2.05) is 6.92 Å². The maximum Gasteiger partial charge on any atom is 0.265 e. The lowest BCUT2D eigenvalue weighted by atomic mass is 10.2. The van der Waals surface area contributed by atoms with Gasteiger partial charge in [0.15, 0.2) is 0 Å². The van der Waals surface area contributed by atoms with Crippen LogP contribution in [0.3, 0.4) is 0 Å². The number of ether oxygens (including phenoxy) is 1. The highest BCUT2D eigenvalue weighted by Crippen LogP contribution is 2.42. The first-order valence-electron chi connectivity index (χ1n) is 6.57. The molecule has 1 aromatic rings. The average molecular weight is 315 g/mol. The molecule has 1 aliphatic carbocycles. The first-order chi connectivity index (χ1) is 8.67. The van der Waals surface area contributed by atoms with E-state index in [1.165, 1.54) is 0 Å². The SMILES string of the molecule is CCCc1nc(C(OCC)C2CC2)[nH]c(=O)c1Br. The fourth-order valence-corrected chi connectivity index (χ4v) is 2.46. The summed E-state index contributed by atoms with van der Waals surface area (Å²) in [5, 5.41) is 0. The van der Waals surface area contributed by atoms with Gasteiger partial charge >= 0.3 is 0 Å². The van der Waals surface area contributed by atoms with Crippen LogP contribution in [0.1, 0.15) is 50.7 Å². The number of aromatic amines is 1. The van der Waals surface area contributed by atoms with Gasteiger partial charge in [-0.25, -0.2) is 4.98 Å². The summed E-state index contributed by atoms with van der Waals surface area (Å²) in [6, 6.07) is 0. The Morgan fingerprint density at radius 1 is 1.50 bits per heavy atom. The fraction of sp³-hybridized carbons (Fsp3) is 0.692. The molecule has 1 saturated carbocycles. The minimum atomic E-state index is -0.103. The maximum atomic E-state index is 11.9. The smallest absolute Gasteiger partial charge is 0.265 e. The molecule has 2 rings (SSSR count). The lowest BCUT2D eigenvalue weighted by Crippen LogP contribution is -2.20. The van der Waals surface area contributed by atoms with Crippen LogP contribution in [0.4, 0.5) is 0 Å². The van der Waals surface area contributed by atoms with Crippen molar-refractivity contribution in [3.8, 4) is 0 Å². The van der Waals surface area contributed by atoms with E-state index in [1.54, 1.807) is 0 Å². The zero-order valence-corrected chi connectivity index (χ0v) is 12.4. The summed E-state index contributed by atoms with van der Waals surface area (Å²) in [5.41, 5.74) is 0.732. The van der Waals surface area contributed by atoms with Gasteiger partial charge < -0.3 is 9.72 Å². The summed E-state index contributed by atoms with van der Waals surface area (Å²) in [4.78, 5) is 19.3. The Morgan fingerprint density at radius 2 is 2.22 bits per heavy atom. The van der Waals surface area contributed by atoms with Crippen molar-refractivity contribution in [2.75, 3.05) is 6.61 Å². The Kier molecular flexibility index (Phi) is 4.56. The van der Waals surface area contributed by atoms with Gasteiger partial charge in [0.1, 0.15) is 16.4 Å². The molecule has 0 aromatic carbocycles. The third kappa shape index (κ3) is 3.01. The first kappa shape index (κ1) is 13.7. The molecule has 0 spiro atoms. The Balaban J connectivity index is 2.33. The molecule has 0 aliphatic heterocycles. The minimum absolute atomic E-state index is 0.0496. The molecule has 0 bridgehead atoms. The Bertz CT molecular complexity index is 469. The van der Waals surface area contributed by atoms with Crippen molar-refractivity contribution in [1.82, 2.24) is 9.97 Å². The predicted octanol–water partition coefficient (Wildman–Crippen LogP) is 2.97. The molecule has 0 amide bonds. The van der Waals surface area contributed by atoms with Crippen molar-refractivity contribution >= 4 is 15.9 Å². The van der Waals surface area contributed by atoms with Gasteiger partial charge in [-0.3, -0.25) is 4.79 Å². The van der Waals surface area contributed by atoms with Gasteiger partial charge in [-0.05, 0) is 48.0 Å². The van der Waals surface area contributed by atoms with Crippen molar-refractivity contribution in [2.24, 2.45) is 5.92 Å². The second kappa shape index (κ2) is 5.97. The highest BCUT2D eigenvalue weighted by Gasteiger charge is 2.35. The summed E-state index contributed by atoms with van der Waals surface area (Å²) in [6.07, 6.45) is 4.05. The van der Waals surface area contributed by atoms with E-state index in [2.05, 4.69) is 32.8 Å². The fourth-order valence-electron chi connectivity index (χ4n) is 2.08. The number of halogens is 1. The first-order valence-corrected chi connectivity index (χ1v) is 7.36. The second-order valence-electron chi connectivity index (χ2n) is 4.68. The normalized spacial score (nSPS) is 16.8. The zero-order valence-electron chi connectivity index (χ0n) is 10.8. The van der Waals surface area contributed by atoms with Crippen molar-refractivity contribution in [1.29, 1.82) is 0 Å². The van der Waals surface area contributed by atoms with Gasteiger partial charge in [0.05, 0.1) is 5.69 Å². The highest BCUT2D eigenvalue weighted by molar-refractivity contribution is 9.10. The molecular formula is C13H19BrN2O2. The summed E-state index contributed by atoms with van der Waals surface area (Å²) < 4.78 is 6.29. The Morgan fingerprint density at radius 3 is 2.78 bits per heavy atom. The standard InChI is InChI=1S/C13H19BrN2O2/c1-3-5-9-10(14)13(17)16-12(15-9)11(18-4-2)8-6-7-8/h8,11H,3-7H2,1-2H3,(H,15,16,17). The summed E-state index contributed by atoms with van der Waals surface area (Å²) in [6.45, 7) is 4.69. The van der Waals surface area contributed by atoms with Crippen molar-refractivity contribution in [3.63, 3.8) is 0 Å². The lowest BCUT2D eigenvalue weighted by molar-refractivity contribution is 0.0396. The molecule has 4 nitrogen and oxygen atoms in total. The van der Waals surface area contributed by atoms with E-state index < -0.39 is 0 Å². The molecule has 1 aromatic heterocycles. The topological polar surface area (TPSA) is 55.0 Å². The molecule has 1 heterocycles. The van der Waals surface area contributed by atoms with Crippen LogP contribution >= 0.6 is 15.9 Å². The molecule has 1 fully saturated rings. The van der Waals surface area contributed by atoms with E-state index in [9.17, 15) is 4.79 Å². The average Bonchev–Trinajstić information content (AvgIpc) is 3.16. The van der Waals surface area contributed by atoms with E-state index in [4.69, 9.17) is 4.74 Å². The third-order valence-corrected chi connectivity index (χ3v) is 3.92. The van der Waals surface area contributed by atoms with Crippen LogP contribution in [0.15, 0.2) is 9.27 Å². The minimum Gasteiger partial charge on any atom is -0.370 e. The molecule has 18 heavy (non-hydrogen) atoms. The van der Waals surface area contributed by atoms with Crippen LogP contribution in [-0.4, -0.2) is 16.6 Å². The predicted molar refractivity (Wildman–Crippen MR) is 73.6 cm³/mol. The van der Waals surface area contributed by atoms with E-state index in [-0.39, 0.29) is 11.7 Å². The van der Waals surface area contributed by atoms with Crippen molar-refractivity contribution < 1.29 is 4.74 Å². The van der Waals surface area contributed by atoms with Gasteiger partial charge in [-0.15, -0.1) is 0 Å². The van der Waals surface area contributed by atoms with Crippen molar-refractivity contribution in [2.45, 2.75) is 45.6 Å². The number of nitrogens with zero attached hydrogens (tertiary/aromatic N) is 1. The molecule has 1 atom stereocenters. The molecule has 1 N–H and O–H groups in total. The van der Waals surface area contributed by atoms with Gasteiger partial charge in [0.2, 0.25) is 0 Å². The molecule has 5 heteroatoms. The third-order valence-electron chi connectivity index (χ3n) is 3.10. The van der Waals surface area contributed by atoms with Crippen molar-refractivity contribution in [3.05, 3.63) is 26.3 Å². The van der Waals surface area contributed by atoms with Crippen LogP contribution in [-0.2, 0) is 11.2 Å². The number of hydrogen-bond donors (Lipinski definition) is 1. The summed E-state index contributed by atoms with van der Waals surface area (Å²) in [7, 11) is 0. The largest absolute Gasteiger partial charge is 0.370 e. The number of aryl methyl sites for hydroxylation is 1. The number of nitrogens with one attached hydrogen (secondary N) is 1. The monoisotopic (exact) mass is 314 g/mol. The summed E-state index contributed by atoms with van der Waals surface area (Å²) >= 11 is 3.31. The molecule has 100 valence electrons. The van der Waals surface area contributed by atoms with Crippen LogP contribution in [0.2, 0.25) is 0 Å². The van der Waals surface area contributed by atoms with Gasteiger partial charge in [0, 0.05) is 6.61 Å². The van der Waals surface area contributed by atoms with Crippen LogP contribution in [0, 0.1) is 5.92 Å².